The van der Waals surface area contributed by atoms with Crippen LogP contribution in [0, 0.1) is 0 Å². The summed E-state index contributed by atoms with van der Waals surface area (Å²) < 4.78 is 4.32. The Bertz CT molecular complexity index is 476. The lowest BCUT2D eigenvalue weighted by Crippen LogP contribution is -2.37. The van der Waals surface area contributed by atoms with E-state index in [1.807, 2.05) is 0 Å². The highest BCUT2D eigenvalue weighted by molar-refractivity contribution is 6.30. The largest absolute Gasteiger partial charge is 0.493 e. The lowest BCUT2D eigenvalue weighted by Gasteiger charge is -1.86. The molecule has 13 heavy (non-hydrogen) atoms. The van der Waals surface area contributed by atoms with Gasteiger partial charge in [-0.1, -0.05) is 22.8 Å². The number of H-pyrrole nitrogens is 1. The third kappa shape index (κ3) is 1.59. The zero-order chi connectivity index (χ0) is 9.26. The molecular weight excluding hydrogens is 194 g/mol. The Morgan fingerprint density at radius 1 is 1.54 bits per heavy atom. The van der Waals surface area contributed by atoms with Gasteiger partial charge in [0.1, 0.15) is 0 Å². The topological polar surface area (TPSA) is 62.8 Å². The van der Waals surface area contributed by atoms with Crippen molar-refractivity contribution < 1.29 is 9.32 Å². The highest BCUT2D eigenvalue weighted by atomic mass is 35.5. The number of hydrogen-bond donors (Lipinski definition) is 1. The third-order valence-corrected chi connectivity index (χ3v) is 1.69. The molecule has 0 aliphatic heterocycles. The van der Waals surface area contributed by atoms with E-state index in [1.54, 1.807) is 24.3 Å². The van der Waals surface area contributed by atoms with Crippen LogP contribution in [0.3, 0.4) is 0 Å². The molecule has 6 heteroatoms. The Labute approximate surface area is 77.5 Å². The van der Waals surface area contributed by atoms with Gasteiger partial charge in [0.15, 0.2) is 0 Å². The fraction of sp³-hybridized carbons (Fsp3) is 0. The first-order valence-corrected chi connectivity index (χ1v) is 3.88. The molecule has 0 amide bonds. The van der Waals surface area contributed by atoms with Crippen LogP contribution in [0.2, 0.25) is 5.02 Å². The van der Waals surface area contributed by atoms with Crippen LogP contribution in [0.4, 0.5) is 0 Å². The molecule has 0 atom stereocenters. The predicted octanol–water partition coefficient (Wildman–Crippen LogP) is 0.293. The van der Waals surface area contributed by atoms with Crippen LogP contribution in [0.1, 0.15) is 0 Å². The monoisotopic (exact) mass is 198 g/mol. The molecule has 0 spiro atoms. The van der Waals surface area contributed by atoms with Crippen molar-refractivity contribution in [3.8, 4) is 5.69 Å². The Balaban J connectivity index is 2.52. The molecule has 0 saturated carbocycles. The molecule has 2 aromatic rings. The molecule has 0 unspecified atom stereocenters. The van der Waals surface area contributed by atoms with Crippen LogP contribution in [0.15, 0.2) is 33.6 Å². The number of halogens is 1. The van der Waals surface area contributed by atoms with Gasteiger partial charge < -0.3 is 0 Å². The Morgan fingerprint density at radius 3 is 3.00 bits per heavy atom. The molecule has 5 nitrogen and oxygen atoms in total. The summed E-state index contributed by atoms with van der Waals surface area (Å²) in [5, 5.41) is 6.35. The average Bonchev–Trinajstić information content (AvgIpc) is 2.52. The van der Waals surface area contributed by atoms with E-state index >= 15 is 0 Å². The molecule has 0 radical (unpaired) electrons. The van der Waals surface area contributed by atoms with Gasteiger partial charge in [-0.25, -0.2) is 9.32 Å². The van der Waals surface area contributed by atoms with E-state index in [2.05, 4.69) is 14.9 Å². The summed E-state index contributed by atoms with van der Waals surface area (Å²) in [7, 11) is 0. The highest BCUT2D eigenvalue weighted by Crippen LogP contribution is 2.08. The summed E-state index contributed by atoms with van der Waals surface area (Å²) >= 11 is 5.74. The first-order chi connectivity index (χ1) is 6.25. The number of hydrogen-bond acceptors (Lipinski definition) is 3. The second kappa shape index (κ2) is 3.02. The fourth-order valence-corrected chi connectivity index (χ4v) is 1.11. The van der Waals surface area contributed by atoms with Crippen molar-refractivity contribution in [1.29, 1.82) is 0 Å². The molecule has 0 fully saturated rings. The zero-order valence-electron chi connectivity index (χ0n) is 6.40. The van der Waals surface area contributed by atoms with Gasteiger partial charge in [-0.05, 0) is 6.07 Å². The quantitative estimate of drug-likeness (QED) is 0.670. The van der Waals surface area contributed by atoms with E-state index in [4.69, 9.17) is 11.6 Å². The molecular formula is C7H5ClN3O2+. The summed E-state index contributed by atoms with van der Waals surface area (Å²) in [5.41, 5.74) is 0.637. The maximum Gasteiger partial charge on any atom is 0.493 e. The minimum Gasteiger partial charge on any atom is -0.239 e. The predicted molar refractivity (Wildman–Crippen MR) is 43.7 cm³/mol. The number of aromatic nitrogens is 3. The SMILES string of the molecule is O=c1[nH][n+](-c2cccc(Cl)c2)no1. The summed E-state index contributed by atoms with van der Waals surface area (Å²) in [6.07, 6.45) is 0. The number of benzene rings is 1. The number of nitrogens with zero attached hydrogens (tertiary/aromatic N) is 2. The van der Waals surface area contributed by atoms with Crippen molar-refractivity contribution in [2.45, 2.75) is 0 Å². The van der Waals surface area contributed by atoms with Crippen molar-refractivity contribution in [1.82, 2.24) is 10.4 Å². The first-order valence-electron chi connectivity index (χ1n) is 3.50. The molecule has 1 aromatic heterocycles. The van der Waals surface area contributed by atoms with Gasteiger partial charge in [-0.2, -0.15) is 0 Å². The van der Waals surface area contributed by atoms with Crippen LogP contribution in [0.5, 0.6) is 0 Å². The molecule has 2 rings (SSSR count). The van der Waals surface area contributed by atoms with Crippen molar-refractivity contribution in [3.63, 3.8) is 0 Å². The molecule has 66 valence electrons. The smallest absolute Gasteiger partial charge is 0.239 e. The molecule has 0 saturated heterocycles. The Morgan fingerprint density at radius 2 is 2.38 bits per heavy atom. The molecule has 0 aliphatic carbocycles. The van der Waals surface area contributed by atoms with E-state index in [1.165, 1.54) is 4.80 Å². The van der Waals surface area contributed by atoms with Gasteiger partial charge in [-0.3, -0.25) is 0 Å². The maximum atomic E-state index is 10.6. The minimum absolute atomic E-state index is 0.564. The standard InChI is InChI=1S/C7H4ClN3O2/c8-5-2-1-3-6(4-5)11-9-7(12)13-10-11/h1-4H/p+1. The molecule has 1 heterocycles. The lowest BCUT2D eigenvalue weighted by molar-refractivity contribution is -0.725. The van der Waals surface area contributed by atoms with E-state index in [9.17, 15) is 4.79 Å². The Kier molecular flexibility index (Phi) is 1.86. The second-order valence-corrected chi connectivity index (χ2v) is 2.80. The van der Waals surface area contributed by atoms with Crippen LogP contribution >= 0.6 is 11.6 Å². The van der Waals surface area contributed by atoms with Crippen LogP contribution < -0.4 is 10.6 Å². The third-order valence-electron chi connectivity index (χ3n) is 1.46. The summed E-state index contributed by atoms with van der Waals surface area (Å²) in [6.45, 7) is 0. The second-order valence-electron chi connectivity index (χ2n) is 2.36. The van der Waals surface area contributed by atoms with Crippen LogP contribution in [-0.2, 0) is 0 Å². The molecule has 0 bridgehead atoms. The zero-order valence-corrected chi connectivity index (χ0v) is 7.15. The molecule has 1 aromatic carbocycles. The van der Waals surface area contributed by atoms with Crippen molar-refractivity contribution in [3.05, 3.63) is 39.8 Å². The Hall–Kier alpha value is -1.62. The van der Waals surface area contributed by atoms with Crippen LogP contribution in [0.25, 0.3) is 5.69 Å². The fourth-order valence-electron chi connectivity index (χ4n) is 0.925. The van der Waals surface area contributed by atoms with Gasteiger partial charge in [0.05, 0.1) is 4.80 Å². The normalized spacial score (nSPS) is 10.2. The van der Waals surface area contributed by atoms with Crippen molar-refractivity contribution >= 4 is 11.6 Å². The minimum atomic E-state index is -0.611. The van der Waals surface area contributed by atoms with E-state index in [-0.39, 0.29) is 0 Å². The van der Waals surface area contributed by atoms with Gasteiger partial charge in [0.25, 0.3) is 5.69 Å². The summed E-state index contributed by atoms with van der Waals surface area (Å²) in [4.78, 5) is 11.8. The first kappa shape index (κ1) is 8.00. The van der Waals surface area contributed by atoms with E-state index in [0.29, 0.717) is 10.7 Å². The highest BCUT2D eigenvalue weighted by Gasteiger charge is 2.12. The number of nitrogens with one attached hydrogen (secondary N) is 1. The van der Waals surface area contributed by atoms with Crippen molar-refractivity contribution in [2.24, 2.45) is 0 Å². The van der Waals surface area contributed by atoms with E-state index in [0.717, 1.165) is 0 Å². The number of rotatable bonds is 1. The van der Waals surface area contributed by atoms with Gasteiger partial charge >= 0.3 is 5.76 Å². The van der Waals surface area contributed by atoms with Crippen LogP contribution in [-0.4, -0.2) is 10.4 Å². The molecule has 1 N–H and O–H groups in total. The average molecular weight is 199 g/mol. The number of aromatic amines is 1. The summed E-state index contributed by atoms with van der Waals surface area (Å²) in [6, 6.07) is 6.87. The summed E-state index contributed by atoms with van der Waals surface area (Å²) in [5.74, 6) is -0.611. The van der Waals surface area contributed by atoms with Crippen molar-refractivity contribution in [2.75, 3.05) is 0 Å². The van der Waals surface area contributed by atoms with Gasteiger partial charge in [0.2, 0.25) is 5.27 Å². The molecule has 0 aliphatic rings. The lowest BCUT2D eigenvalue weighted by atomic mass is 10.3. The van der Waals surface area contributed by atoms with E-state index < -0.39 is 5.76 Å². The van der Waals surface area contributed by atoms with Gasteiger partial charge in [-0.15, -0.1) is 0 Å². The maximum absolute atomic E-state index is 10.6. The van der Waals surface area contributed by atoms with Gasteiger partial charge in [0, 0.05) is 17.2 Å².